The fraction of sp³-hybridized carbons (Fsp3) is 0.240. The number of amides is 2. The monoisotopic (exact) mass is 1230 g/mol. The fourth-order valence-corrected chi connectivity index (χ4v) is 13.0. The van der Waals surface area contributed by atoms with Gasteiger partial charge in [0.1, 0.15) is 47.3 Å². The summed E-state index contributed by atoms with van der Waals surface area (Å²) in [5.74, 6) is 1.60. The molecule has 1 unspecified atom stereocenters. The van der Waals surface area contributed by atoms with Crippen molar-refractivity contribution in [1.82, 2.24) is 35.5 Å². The number of nitrogens with one attached hydrogen (secondary N) is 5. The normalized spacial score (nSPS) is 15.7. The molecule has 12 rings (SSSR count). The van der Waals surface area contributed by atoms with Gasteiger partial charge in [0.2, 0.25) is 5.91 Å². The van der Waals surface area contributed by atoms with Gasteiger partial charge in [0.15, 0.2) is 0 Å². The second-order valence-corrected chi connectivity index (χ2v) is 23.1. The summed E-state index contributed by atoms with van der Waals surface area (Å²) in [6.45, 7) is 0.911. The minimum absolute atomic E-state index is 0.0118. The molecule has 8 aromatic carbocycles. The van der Waals surface area contributed by atoms with E-state index in [-0.39, 0.29) is 56.4 Å². The molecule has 1 saturated heterocycles. The van der Waals surface area contributed by atoms with Crippen molar-refractivity contribution in [2.45, 2.75) is 67.1 Å². The number of nitrogens with zero attached hydrogens (tertiary/aromatic N) is 2. The van der Waals surface area contributed by atoms with Gasteiger partial charge in [-0.3, -0.25) is 19.1 Å². The van der Waals surface area contributed by atoms with E-state index in [0.29, 0.717) is 42.5 Å². The van der Waals surface area contributed by atoms with Crippen LogP contribution in [0.5, 0.6) is 11.5 Å². The Bertz CT molecular complexity index is 4030. The van der Waals surface area contributed by atoms with Gasteiger partial charge in [-0.2, -0.15) is 0 Å². The molecule has 1 fully saturated rings. The molecule has 0 saturated carbocycles. The molecule has 6 N–H and O–H groups in total. The summed E-state index contributed by atoms with van der Waals surface area (Å²) in [5.41, 5.74) is 7.52. The standard InChI is InChI=1S/C75H73N7O10/c1-88-59-36-32-55(33-37-59)75(54-25-13-6-14-26-54,56-34-38-60(89-2)39-35-56)91-49-67-66(83)44-69(92-67)82-47-50(70(85)81-72(82)86)31-40-68(84)77-42-41-76-45-57(80-73(87)90-48-65-63-29-17-15-27-61(63)62-28-16-18-30-64(62)65)43-58-46-78-71(79-58)74(51-19-7-3-8-20-51,52-21-9-4-10-22-52)53-23-11-5-12-24-53/h3-30,32-39,46-47,57,65-67,69,76,83H,31,40-45,48-49H2,1-2H3,(H,77,84)(H,78,79)(H,80,87)(H,81,85,86)/t57?,66-,67+,69+/m0/s1. The van der Waals surface area contributed by atoms with Crippen LogP contribution in [0.25, 0.3) is 11.1 Å². The summed E-state index contributed by atoms with van der Waals surface area (Å²) in [4.78, 5) is 65.5. The lowest BCUT2D eigenvalue weighted by atomic mass is 9.69. The van der Waals surface area contributed by atoms with E-state index in [4.69, 9.17) is 28.7 Å². The van der Waals surface area contributed by atoms with Gasteiger partial charge in [-0.05, 0) is 86.3 Å². The number of imidazole rings is 1. The maximum atomic E-state index is 14.0. The molecule has 0 bridgehead atoms. The number of aromatic nitrogens is 4. The van der Waals surface area contributed by atoms with Crippen molar-refractivity contribution < 1.29 is 38.4 Å². The van der Waals surface area contributed by atoms with E-state index in [2.05, 4.69) is 86.6 Å². The number of aliphatic hydroxyl groups excluding tert-OH is 1. The van der Waals surface area contributed by atoms with E-state index in [1.165, 1.54) is 10.8 Å². The Morgan fingerprint density at radius 2 is 1.18 bits per heavy atom. The Labute approximate surface area is 533 Å². The van der Waals surface area contributed by atoms with Crippen LogP contribution in [0.3, 0.4) is 0 Å². The van der Waals surface area contributed by atoms with Crippen LogP contribution in [0.1, 0.15) is 86.6 Å². The van der Waals surface area contributed by atoms with Gasteiger partial charge in [0, 0.05) is 62.8 Å². The van der Waals surface area contributed by atoms with Gasteiger partial charge in [-0.15, -0.1) is 0 Å². The third-order valence-electron chi connectivity index (χ3n) is 17.6. The van der Waals surface area contributed by atoms with Crippen molar-refractivity contribution in [3.63, 3.8) is 0 Å². The van der Waals surface area contributed by atoms with Crippen LogP contribution in [0, 0.1) is 0 Å². The fourth-order valence-electron chi connectivity index (χ4n) is 13.0. The molecule has 17 nitrogen and oxygen atoms in total. The first-order valence-corrected chi connectivity index (χ1v) is 31.0. The van der Waals surface area contributed by atoms with E-state index < -0.39 is 52.8 Å². The molecule has 0 spiro atoms. The molecule has 1 aliphatic carbocycles. The lowest BCUT2D eigenvalue weighted by Crippen LogP contribution is -2.45. The molecule has 468 valence electrons. The average molecular weight is 1230 g/mol. The number of methoxy groups -OCH3 is 2. The molecule has 2 aromatic heterocycles. The zero-order chi connectivity index (χ0) is 63.4. The summed E-state index contributed by atoms with van der Waals surface area (Å²) >= 11 is 0. The second kappa shape index (κ2) is 28.3. The van der Waals surface area contributed by atoms with E-state index in [1.54, 1.807) is 14.2 Å². The molecule has 2 aliphatic rings. The van der Waals surface area contributed by atoms with E-state index in [0.717, 1.165) is 55.6 Å². The Morgan fingerprint density at radius 3 is 1.74 bits per heavy atom. The Balaban J connectivity index is 0.702. The predicted molar refractivity (Wildman–Crippen MR) is 351 cm³/mol. The summed E-state index contributed by atoms with van der Waals surface area (Å²) in [5, 5.41) is 21.0. The number of ether oxygens (including phenoxy) is 5. The number of aliphatic hydroxyl groups is 1. The first kappa shape index (κ1) is 62.0. The number of alkyl carbamates (subject to hydrolysis) is 1. The quantitative estimate of drug-likeness (QED) is 0.0220. The number of carbonyl (C=O) groups is 2. The summed E-state index contributed by atoms with van der Waals surface area (Å²) in [7, 11) is 3.21. The van der Waals surface area contributed by atoms with Crippen molar-refractivity contribution >= 4 is 12.0 Å². The molecule has 2 amide bonds. The zero-order valence-corrected chi connectivity index (χ0v) is 51.2. The smallest absolute Gasteiger partial charge is 0.407 e. The number of aromatic amines is 2. The number of hydrogen-bond acceptors (Lipinski definition) is 12. The van der Waals surface area contributed by atoms with Crippen molar-refractivity contribution in [2.75, 3.05) is 47.1 Å². The number of hydrogen-bond donors (Lipinski definition) is 6. The lowest BCUT2D eigenvalue weighted by molar-refractivity contribution is -0.121. The molecule has 3 heterocycles. The highest BCUT2D eigenvalue weighted by molar-refractivity contribution is 5.79. The van der Waals surface area contributed by atoms with Crippen molar-refractivity contribution in [1.29, 1.82) is 0 Å². The van der Waals surface area contributed by atoms with Gasteiger partial charge in [0.05, 0.1) is 38.7 Å². The maximum Gasteiger partial charge on any atom is 0.407 e. The minimum atomic E-state index is -1.19. The number of rotatable bonds is 26. The molecule has 4 atom stereocenters. The summed E-state index contributed by atoms with van der Waals surface area (Å²) in [6, 6.07) is 71.7. The number of carbonyl (C=O) groups excluding carboxylic acids is 2. The highest BCUT2D eigenvalue weighted by Crippen LogP contribution is 2.47. The van der Waals surface area contributed by atoms with E-state index in [9.17, 15) is 24.3 Å². The van der Waals surface area contributed by atoms with Gasteiger partial charge in [-0.25, -0.2) is 14.6 Å². The second-order valence-electron chi connectivity index (χ2n) is 23.1. The van der Waals surface area contributed by atoms with Gasteiger partial charge in [-0.1, -0.05) is 194 Å². The zero-order valence-electron chi connectivity index (χ0n) is 51.2. The Hall–Kier alpha value is -10.2. The minimum Gasteiger partial charge on any atom is -0.497 e. The lowest BCUT2D eigenvalue weighted by Gasteiger charge is -2.37. The number of H-pyrrole nitrogens is 2. The maximum absolute atomic E-state index is 14.0. The molecule has 92 heavy (non-hydrogen) atoms. The summed E-state index contributed by atoms with van der Waals surface area (Å²) in [6.07, 6.45) is 0.129. The first-order chi connectivity index (χ1) is 45.0. The number of aryl methyl sites for hydroxylation is 1. The SMILES string of the molecule is COc1ccc(C(OC[C@H]2O[C@@H](n3cc(CCC(=O)NCCNCC(Cc4c[nH]c(C(c5ccccc5)(c5ccccc5)c5ccccc5)n4)NC(=O)OCC4c5ccccc5-c5ccccc54)c(=O)[nH]c3=O)C[C@@H]2O)(c2ccccc2)c2ccc(OC)cc2)cc1. The van der Waals surface area contributed by atoms with Crippen LogP contribution in [0.2, 0.25) is 0 Å². The van der Waals surface area contributed by atoms with Gasteiger partial charge in [0.25, 0.3) is 5.56 Å². The predicted octanol–water partition coefficient (Wildman–Crippen LogP) is 10.1. The third kappa shape index (κ3) is 13.1. The largest absolute Gasteiger partial charge is 0.497 e. The Kier molecular flexibility index (Phi) is 19.1. The molecule has 0 radical (unpaired) electrons. The van der Waals surface area contributed by atoms with E-state index in [1.807, 2.05) is 164 Å². The average Bonchev–Trinajstić information content (AvgIpc) is 1.12. The molecule has 1 aliphatic heterocycles. The van der Waals surface area contributed by atoms with Crippen molar-refractivity contribution in [2.24, 2.45) is 0 Å². The van der Waals surface area contributed by atoms with Crippen LogP contribution < -0.4 is 36.7 Å². The van der Waals surface area contributed by atoms with Crippen molar-refractivity contribution in [3.05, 3.63) is 313 Å². The highest BCUT2D eigenvalue weighted by Gasteiger charge is 2.44. The van der Waals surface area contributed by atoms with Crippen LogP contribution in [-0.2, 0) is 42.9 Å². The molecule has 17 heteroatoms. The number of fused-ring (bicyclic) bond motifs is 3. The Morgan fingerprint density at radius 1 is 0.663 bits per heavy atom. The molecular formula is C75H73N7O10. The molecular weight excluding hydrogens is 1160 g/mol. The topological polar surface area (TPSA) is 220 Å². The molecule has 10 aromatic rings. The third-order valence-corrected chi connectivity index (χ3v) is 17.6. The van der Waals surface area contributed by atoms with Gasteiger partial charge < -0.3 is 49.7 Å². The van der Waals surface area contributed by atoms with Crippen molar-refractivity contribution in [3.8, 4) is 22.6 Å². The van der Waals surface area contributed by atoms with E-state index >= 15 is 0 Å². The van der Waals surface area contributed by atoms with Crippen LogP contribution in [0.4, 0.5) is 4.79 Å². The van der Waals surface area contributed by atoms with Crippen LogP contribution >= 0.6 is 0 Å². The number of benzene rings is 8. The van der Waals surface area contributed by atoms with Crippen LogP contribution in [-0.4, -0.2) is 102 Å². The van der Waals surface area contributed by atoms with Gasteiger partial charge >= 0.3 is 11.8 Å². The van der Waals surface area contributed by atoms with Crippen LogP contribution in [0.15, 0.2) is 240 Å². The highest BCUT2D eigenvalue weighted by atomic mass is 16.6. The first-order valence-electron chi connectivity index (χ1n) is 31.0. The summed E-state index contributed by atoms with van der Waals surface area (Å²) < 4.78 is 31.7.